The van der Waals surface area contributed by atoms with Gasteiger partial charge in [-0.05, 0) is 66.9 Å². The third-order valence-corrected chi connectivity index (χ3v) is 8.95. The summed E-state index contributed by atoms with van der Waals surface area (Å²) in [6, 6.07) is 54.8. The van der Waals surface area contributed by atoms with Crippen LogP contribution < -0.4 is 21.1 Å². The first-order valence-corrected chi connectivity index (χ1v) is 14.6. The number of para-hydroxylation sites is 1. The monoisotopic (exact) mass is 532 g/mol. The molecule has 0 unspecified atom stereocenters. The van der Waals surface area contributed by atoms with Gasteiger partial charge in [-0.2, -0.15) is 0 Å². The molecule has 0 saturated carbocycles. The fourth-order valence-corrected chi connectivity index (χ4v) is 7.12. The molecule has 8 aromatic carbocycles. The van der Waals surface area contributed by atoms with Gasteiger partial charge in [-0.25, -0.2) is 0 Å². The molecule has 1 aliphatic heterocycles. The normalized spacial score (nSPS) is 12.4. The highest BCUT2D eigenvalue weighted by Crippen LogP contribution is 2.44. The lowest BCUT2D eigenvalue weighted by atomic mass is 9.35. The maximum absolute atomic E-state index is 6.78. The van der Waals surface area contributed by atoms with Gasteiger partial charge in [-0.15, -0.1) is 0 Å². The minimum atomic E-state index is 0.112. The zero-order chi connectivity index (χ0) is 27.6. The molecule has 0 spiro atoms. The van der Waals surface area contributed by atoms with E-state index in [2.05, 4.69) is 152 Å². The lowest BCUT2D eigenvalue weighted by Crippen LogP contribution is -2.54. The number of benzene rings is 8. The summed E-state index contributed by atoms with van der Waals surface area (Å²) in [6.45, 7) is 0.112. The van der Waals surface area contributed by atoms with Crippen LogP contribution in [0.1, 0.15) is 0 Å². The lowest BCUT2D eigenvalue weighted by Gasteiger charge is -2.29. The molecule has 9 rings (SSSR count). The first kappa shape index (κ1) is 23.4. The number of fused-ring (bicyclic) bond motifs is 3. The Morgan fingerprint density at radius 3 is 1.93 bits per heavy atom. The first-order valence-electron chi connectivity index (χ1n) is 14.6. The van der Waals surface area contributed by atoms with Crippen LogP contribution >= 0.6 is 0 Å². The van der Waals surface area contributed by atoms with E-state index >= 15 is 0 Å². The van der Waals surface area contributed by atoms with Crippen LogP contribution in [-0.4, -0.2) is 6.71 Å². The first-order chi connectivity index (χ1) is 20.8. The Hall–Kier alpha value is -5.34. The van der Waals surface area contributed by atoms with E-state index in [9.17, 15) is 0 Å². The van der Waals surface area contributed by atoms with Crippen LogP contribution in [0, 0.1) is 0 Å². The molecular formula is C40H25BO. The maximum atomic E-state index is 6.78. The van der Waals surface area contributed by atoms with Crippen LogP contribution in [0.2, 0.25) is 0 Å². The van der Waals surface area contributed by atoms with E-state index in [0.717, 1.165) is 11.5 Å². The van der Waals surface area contributed by atoms with Crippen molar-refractivity contribution in [3.63, 3.8) is 0 Å². The summed E-state index contributed by atoms with van der Waals surface area (Å²) in [6.07, 6.45) is 0. The van der Waals surface area contributed by atoms with Crippen molar-refractivity contribution in [2.24, 2.45) is 0 Å². The van der Waals surface area contributed by atoms with Crippen molar-refractivity contribution in [2.45, 2.75) is 0 Å². The van der Waals surface area contributed by atoms with E-state index in [1.165, 1.54) is 71.0 Å². The Morgan fingerprint density at radius 1 is 0.429 bits per heavy atom. The number of hydrogen-bond acceptors (Lipinski definition) is 1. The van der Waals surface area contributed by atoms with E-state index in [-0.39, 0.29) is 6.71 Å². The second-order valence-electron chi connectivity index (χ2n) is 11.2. The quantitative estimate of drug-likeness (QED) is 0.164. The second-order valence-corrected chi connectivity index (χ2v) is 11.2. The van der Waals surface area contributed by atoms with E-state index in [1.54, 1.807) is 0 Å². The number of hydrogen-bond donors (Lipinski definition) is 0. The summed E-state index contributed by atoms with van der Waals surface area (Å²) in [4.78, 5) is 0. The molecule has 0 amide bonds. The van der Waals surface area contributed by atoms with Gasteiger partial charge in [-0.3, -0.25) is 0 Å². The van der Waals surface area contributed by atoms with Crippen molar-refractivity contribution in [1.82, 2.24) is 0 Å². The standard InChI is InChI=1S/C40H25BO/c1-3-11-26(12-4-1)30-15-7-8-16-31(30)32-22-19-27-20-24-34-39-28(21-23-33(32)38(27)39)25-36-40(34)42-37-18-10-9-17-35(37)41(36)29-13-5-2-6-14-29/h1-25H. The second kappa shape index (κ2) is 9.09. The van der Waals surface area contributed by atoms with Crippen molar-refractivity contribution in [3.05, 3.63) is 152 Å². The summed E-state index contributed by atoms with van der Waals surface area (Å²) in [7, 11) is 0. The van der Waals surface area contributed by atoms with Gasteiger partial charge < -0.3 is 4.74 Å². The molecule has 0 saturated heterocycles. The third kappa shape index (κ3) is 3.39. The lowest BCUT2D eigenvalue weighted by molar-refractivity contribution is 0.493. The summed E-state index contributed by atoms with van der Waals surface area (Å²) < 4.78 is 6.78. The molecule has 8 aromatic rings. The van der Waals surface area contributed by atoms with Crippen LogP contribution in [-0.2, 0) is 0 Å². The Bertz CT molecular complexity index is 2270. The average Bonchev–Trinajstić information content (AvgIpc) is 3.06. The zero-order valence-electron chi connectivity index (χ0n) is 22.9. The molecule has 1 nitrogen and oxygen atoms in total. The van der Waals surface area contributed by atoms with Gasteiger partial charge in [0.15, 0.2) is 0 Å². The predicted molar refractivity (Wildman–Crippen MR) is 179 cm³/mol. The highest BCUT2D eigenvalue weighted by Gasteiger charge is 2.34. The SMILES string of the molecule is c1ccc(B2c3ccccc3Oc3c2cc2ccc4c(-c5ccccc5-c5ccccc5)ccc5ccc3c2c54)cc1. The fourth-order valence-electron chi connectivity index (χ4n) is 7.12. The molecule has 0 atom stereocenters. The summed E-state index contributed by atoms with van der Waals surface area (Å²) in [5, 5.41) is 7.51. The minimum Gasteiger partial charge on any atom is -0.458 e. The molecule has 0 bridgehead atoms. The maximum Gasteiger partial charge on any atom is 0.251 e. The molecule has 42 heavy (non-hydrogen) atoms. The third-order valence-electron chi connectivity index (χ3n) is 8.95. The number of ether oxygens (including phenoxy) is 1. The molecule has 0 radical (unpaired) electrons. The largest absolute Gasteiger partial charge is 0.458 e. The van der Waals surface area contributed by atoms with E-state index in [0.29, 0.717) is 0 Å². The van der Waals surface area contributed by atoms with Crippen LogP contribution in [0.5, 0.6) is 11.5 Å². The molecule has 194 valence electrons. The van der Waals surface area contributed by atoms with Crippen LogP contribution in [0.15, 0.2) is 152 Å². The molecular weight excluding hydrogens is 507 g/mol. The fraction of sp³-hybridized carbons (Fsp3) is 0. The molecule has 0 N–H and O–H groups in total. The van der Waals surface area contributed by atoms with Gasteiger partial charge in [0.2, 0.25) is 0 Å². The highest BCUT2D eigenvalue weighted by atomic mass is 16.5. The summed E-state index contributed by atoms with van der Waals surface area (Å²) in [5.41, 5.74) is 8.69. The van der Waals surface area contributed by atoms with Crippen molar-refractivity contribution in [2.75, 3.05) is 0 Å². The Balaban J connectivity index is 1.33. The Morgan fingerprint density at radius 2 is 1.07 bits per heavy atom. The van der Waals surface area contributed by atoms with Gasteiger partial charge in [0.05, 0.1) is 0 Å². The molecule has 0 fully saturated rings. The predicted octanol–water partition coefficient (Wildman–Crippen LogP) is 8.54. The minimum absolute atomic E-state index is 0.112. The number of rotatable bonds is 3. The molecule has 1 heterocycles. The summed E-state index contributed by atoms with van der Waals surface area (Å²) in [5.74, 6) is 1.91. The van der Waals surface area contributed by atoms with Crippen LogP contribution in [0.3, 0.4) is 0 Å². The van der Waals surface area contributed by atoms with Gasteiger partial charge >= 0.3 is 0 Å². The van der Waals surface area contributed by atoms with Crippen molar-refractivity contribution < 1.29 is 4.74 Å². The van der Waals surface area contributed by atoms with Crippen molar-refractivity contribution >= 4 is 55.4 Å². The average molecular weight is 532 g/mol. The molecule has 0 aliphatic carbocycles. The van der Waals surface area contributed by atoms with Gasteiger partial charge in [0.25, 0.3) is 6.71 Å². The Labute approximate surface area is 245 Å². The van der Waals surface area contributed by atoms with Crippen molar-refractivity contribution in [3.8, 4) is 33.8 Å². The van der Waals surface area contributed by atoms with Crippen LogP contribution in [0.4, 0.5) is 0 Å². The van der Waals surface area contributed by atoms with Crippen LogP contribution in [0.25, 0.3) is 54.6 Å². The van der Waals surface area contributed by atoms with Gasteiger partial charge in [0.1, 0.15) is 11.5 Å². The molecule has 2 heteroatoms. The highest BCUT2D eigenvalue weighted by molar-refractivity contribution is 6.97. The van der Waals surface area contributed by atoms with Crippen molar-refractivity contribution in [1.29, 1.82) is 0 Å². The zero-order valence-corrected chi connectivity index (χ0v) is 22.9. The summed E-state index contributed by atoms with van der Waals surface area (Å²) >= 11 is 0. The van der Waals surface area contributed by atoms with E-state index in [1.807, 2.05) is 0 Å². The van der Waals surface area contributed by atoms with Gasteiger partial charge in [-0.1, -0.05) is 145 Å². The smallest absolute Gasteiger partial charge is 0.251 e. The van der Waals surface area contributed by atoms with E-state index in [4.69, 9.17) is 4.74 Å². The molecule has 1 aliphatic rings. The van der Waals surface area contributed by atoms with Gasteiger partial charge in [0, 0.05) is 10.8 Å². The van der Waals surface area contributed by atoms with E-state index < -0.39 is 0 Å². The topological polar surface area (TPSA) is 9.23 Å². The molecule has 0 aromatic heterocycles. The Kier molecular flexibility index (Phi) is 5.06.